The van der Waals surface area contributed by atoms with Gasteiger partial charge in [0.25, 0.3) is 0 Å². The van der Waals surface area contributed by atoms with E-state index in [1.54, 1.807) is 37.3 Å². The number of hydrogen-bond donors (Lipinski definition) is 1. The van der Waals surface area contributed by atoms with E-state index in [-0.39, 0.29) is 35.3 Å². The molecule has 0 aliphatic carbocycles. The minimum Gasteiger partial charge on any atom is -0.506 e. The van der Waals surface area contributed by atoms with E-state index in [1.165, 1.54) is 0 Å². The van der Waals surface area contributed by atoms with E-state index < -0.39 is 5.97 Å². The summed E-state index contributed by atoms with van der Waals surface area (Å²) in [7, 11) is 0. The molecule has 0 aromatic heterocycles. The molecule has 0 amide bonds. The first-order valence-corrected chi connectivity index (χ1v) is 11.3. The smallest absolute Gasteiger partial charge is 0.344 e. The Morgan fingerprint density at radius 2 is 1.97 bits per heavy atom. The minimum absolute atomic E-state index is 0.00190. The van der Waals surface area contributed by atoms with Crippen molar-refractivity contribution < 1.29 is 24.1 Å². The molecule has 0 saturated carbocycles. The van der Waals surface area contributed by atoms with Crippen LogP contribution < -0.4 is 9.47 Å². The normalized spacial score (nSPS) is 15.6. The molecule has 1 aliphatic rings. The predicted molar refractivity (Wildman–Crippen MR) is 129 cm³/mol. The van der Waals surface area contributed by atoms with Gasteiger partial charge in [0.1, 0.15) is 22.4 Å². The third kappa shape index (κ3) is 5.89. The van der Waals surface area contributed by atoms with Crippen molar-refractivity contribution in [2.24, 2.45) is 4.99 Å². The van der Waals surface area contributed by atoms with E-state index in [9.17, 15) is 9.90 Å². The van der Waals surface area contributed by atoms with Crippen LogP contribution in [0.2, 0.25) is 5.02 Å². The molecule has 170 valence electrons. The topological polar surface area (TPSA) is 101 Å². The first-order chi connectivity index (χ1) is 16.0. The second-order valence-electron chi connectivity index (χ2n) is 6.52. The molecular formula is C24H21ClN2O5S. The van der Waals surface area contributed by atoms with Crippen LogP contribution in [0.5, 0.6) is 11.5 Å². The van der Waals surface area contributed by atoms with Crippen LogP contribution in [0.1, 0.15) is 19.4 Å². The number of nitriles is 1. The Balaban J connectivity index is 2.05. The maximum Gasteiger partial charge on any atom is 0.344 e. The van der Waals surface area contributed by atoms with E-state index in [4.69, 9.17) is 31.1 Å². The Morgan fingerprint density at radius 3 is 2.64 bits per heavy atom. The van der Waals surface area contributed by atoms with Gasteiger partial charge in [0.2, 0.25) is 0 Å². The quantitative estimate of drug-likeness (QED) is 0.470. The fourth-order valence-electron chi connectivity index (χ4n) is 2.94. The predicted octanol–water partition coefficient (Wildman–Crippen LogP) is 5.83. The number of hydrogen-bond acceptors (Lipinski definition) is 8. The lowest BCUT2D eigenvalue weighted by Gasteiger charge is -2.13. The number of rotatable bonds is 8. The molecule has 1 N–H and O–H groups in total. The molecule has 0 spiro atoms. The van der Waals surface area contributed by atoms with Gasteiger partial charge in [-0.3, -0.25) is 0 Å². The molecule has 9 heteroatoms. The number of carbonyl (C=O) groups is 1. The van der Waals surface area contributed by atoms with Crippen molar-refractivity contribution >= 4 is 46.1 Å². The van der Waals surface area contributed by atoms with Gasteiger partial charge in [-0.25, -0.2) is 9.79 Å². The van der Waals surface area contributed by atoms with Crippen LogP contribution >= 0.6 is 23.4 Å². The standard InChI is InChI=1S/C24H21ClN2O5S/c1-3-30-18-13-15(12-17(25)22(18)32-11-10-26)14-19-21(28)20(24(29)31-4-2)23(33-19)27-16-8-6-5-7-9-16/h5-9,12-14,28H,3-4,11H2,1-2H3/b19-14-,27-23?. The van der Waals surface area contributed by atoms with E-state index in [2.05, 4.69) is 4.99 Å². The molecule has 0 fully saturated rings. The van der Waals surface area contributed by atoms with Crippen LogP contribution in [0.3, 0.4) is 0 Å². The number of para-hydroxylation sites is 1. The Labute approximate surface area is 200 Å². The fraction of sp³-hybridized carbons (Fsp3) is 0.208. The Morgan fingerprint density at radius 1 is 1.21 bits per heavy atom. The maximum absolute atomic E-state index is 12.5. The molecule has 0 atom stereocenters. The van der Waals surface area contributed by atoms with Crippen LogP contribution in [0.25, 0.3) is 6.08 Å². The summed E-state index contributed by atoms with van der Waals surface area (Å²) < 4.78 is 16.1. The van der Waals surface area contributed by atoms with Gasteiger partial charge in [-0.05, 0) is 49.8 Å². The first kappa shape index (κ1) is 24.2. The van der Waals surface area contributed by atoms with Gasteiger partial charge in [0.05, 0.1) is 28.8 Å². The lowest BCUT2D eigenvalue weighted by atomic mass is 10.1. The number of nitrogens with zero attached hydrogens (tertiary/aromatic N) is 2. The van der Waals surface area contributed by atoms with Crippen molar-refractivity contribution in [3.8, 4) is 17.6 Å². The number of aliphatic hydroxyl groups excluding tert-OH is 1. The molecule has 0 bridgehead atoms. The van der Waals surface area contributed by atoms with Crippen LogP contribution in [0, 0.1) is 11.3 Å². The summed E-state index contributed by atoms with van der Waals surface area (Å²) in [5.74, 6) is -0.261. The van der Waals surface area contributed by atoms with Crippen molar-refractivity contribution in [3.05, 3.63) is 69.3 Å². The van der Waals surface area contributed by atoms with Gasteiger partial charge < -0.3 is 19.3 Å². The molecule has 3 rings (SSSR count). The third-order valence-electron chi connectivity index (χ3n) is 4.27. The monoisotopic (exact) mass is 484 g/mol. The number of carbonyl (C=O) groups excluding carboxylic acids is 1. The van der Waals surface area contributed by atoms with Gasteiger partial charge in [0, 0.05) is 0 Å². The van der Waals surface area contributed by atoms with Gasteiger partial charge in [-0.15, -0.1) is 0 Å². The molecule has 0 saturated heterocycles. The van der Waals surface area contributed by atoms with Crippen LogP contribution in [0.4, 0.5) is 5.69 Å². The Hall–Kier alpha value is -3.41. The largest absolute Gasteiger partial charge is 0.506 e. The van der Waals surface area contributed by atoms with E-state index in [1.807, 2.05) is 31.2 Å². The zero-order chi connectivity index (χ0) is 23.8. The highest BCUT2D eigenvalue weighted by Crippen LogP contribution is 2.42. The Kier molecular flexibility index (Phi) is 8.41. The van der Waals surface area contributed by atoms with Gasteiger partial charge >= 0.3 is 5.97 Å². The zero-order valence-electron chi connectivity index (χ0n) is 18.0. The first-order valence-electron chi connectivity index (χ1n) is 10.1. The summed E-state index contributed by atoms with van der Waals surface area (Å²) in [4.78, 5) is 17.5. The van der Waals surface area contributed by atoms with Crippen LogP contribution in [0.15, 0.2) is 63.7 Å². The summed E-state index contributed by atoms with van der Waals surface area (Å²) >= 11 is 7.50. The Bertz CT molecular complexity index is 1170. The molecule has 7 nitrogen and oxygen atoms in total. The number of thioether (sulfide) groups is 1. The zero-order valence-corrected chi connectivity index (χ0v) is 19.6. The molecule has 2 aromatic rings. The van der Waals surface area contributed by atoms with Crippen LogP contribution in [-0.4, -0.2) is 35.9 Å². The molecule has 0 radical (unpaired) electrons. The van der Waals surface area contributed by atoms with Crippen molar-refractivity contribution in [3.63, 3.8) is 0 Å². The third-order valence-corrected chi connectivity index (χ3v) is 5.57. The summed E-state index contributed by atoms with van der Waals surface area (Å²) in [5.41, 5.74) is 1.24. The van der Waals surface area contributed by atoms with Gasteiger partial charge in [-0.2, -0.15) is 5.26 Å². The molecular weight excluding hydrogens is 464 g/mol. The number of aliphatic imine (C=N–C) groups is 1. The van der Waals surface area contributed by atoms with Gasteiger partial charge in [-0.1, -0.05) is 41.6 Å². The summed E-state index contributed by atoms with van der Waals surface area (Å²) in [6.07, 6.45) is 1.66. The lowest BCUT2D eigenvalue weighted by molar-refractivity contribution is -0.138. The van der Waals surface area contributed by atoms with Crippen molar-refractivity contribution in [2.45, 2.75) is 13.8 Å². The molecule has 1 aliphatic heterocycles. The number of halogens is 1. The highest BCUT2D eigenvalue weighted by molar-refractivity contribution is 8.18. The number of esters is 1. The van der Waals surface area contributed by atoms with Gasteiger partial charge in [0.15, 0.2) is 18.1 Å². The SMILES string of the molecule is CCOC(=O)C1=C(O)/C(=C/c2cc(Cl)c(OCC#N)c(OCC)c2)SC1=Nc1ccccc1. The van der Waals surface area contributed by atoms with E-state index in [0.717, 1.165) is 11.8 Å². The van der Waals surface area contributed by atoms with Crippen molar-refractivity contribution in [1.29, 1.82) is 5.26 Å². The summed E-state index contributed by atoms with van der Waals surface area (Å²) in [6.45, 7) is 3.85. The average molecular weight is 485 g/mol. The van der Waals surface area contributed by atoms with Crippen molar-refractivity contribution in [1.82, 2.24) is 0 Å². The number of ether oxygens (including phenoxy) is 3. The molecule has 33 heavy (non-hydrogen) atoms. The maximum atomic E-state index is 12.5. The molecule has 1 heterocycles. The second kappa shape index (κ2) is 11.5. The van der Waals surface area contributed by atoms with E-state index >= 15 is 0 Å². The molecule has 0 unspecified atom stereocenters. The fourth-order valence-corrected chi connectivity index (χ4v) is 4.25. The highest BCUT2D eigenvalue weighted by atomic mass is 35.5. The average Bonchev–Trinajstić information content (AvgIpc) is 3.09. The van der Waals surface area contributed by atoms with Crippen molar-refractivity contribution in [2.75, 3.05) is 19.8 Å². The summed E-state index contributed by atoms with van der Waals surface area (Å²) in [6, 6.07) is 14.3. The number of aliphatic hydroxyl groups is 1. The lowest BCUT2D eigenvalue weighted by Crippen LogP contribution is -2.12. The second-order valence-corrected chi connectivity index (χ2v) is 7.95. The summed E-state index contributed by atoms with van der Waals surface area (Å²) in [5, 5.41) is 20.2. The van der Waals surface area contributed by atoms with Crippen LogP contribution in [-0.2, 0) is 9.53 Å². The minimum atomic E-state index is -0.658. The highest BCUT2D eigenvalue weighted by Gasteiger charge is 2.33. The number of benzene rings is 2. The molecule has 2 aromatic carbocycles. The van der Waals surface area contributed by atoms with E-state index in [0.29, 0.717) is 33.6 Å².